The second-order valence-corrected chi connectivity index (χ2v) is 13.5. The van der Waals surface area contributed by atoms with Crippen LogP contribution in [0.4, 0.5) is 11.4 Å². The van der Waals surface area contributed by atoms with E-state index >= 15 is 0 Å². The van der Waals surface area contributed by atoms with Gasteiger partial charge in [0.15, 0.2) is 0 Å². The number of hydrogen-bond acceptors (Lipinski definition) is 5. The molecule has 1 amide bonds. The first-order valence-electron chi connectivity index (χ1n) is 12.2. The first kappa shape index (κ1) is 28.1. The van der Waals surface area contributed by atoms with Crippen LogP contribution in [0.25, 0.3) is 0 Å². The molecule has 0 aromatic heterocycles. The number of carbonyl (C=O) groups excluding carboxylic acids is 1. The van der Waals surface area contributed by atoms with Crippen LogP contribution >= 0.6 is 11.6 Å². The van der Waals surface area contributed by atoms with Gasteiger partial charge in [0.1, 0.15) is 0 Å². The molecule has 202 valence electrons. The number of aryl methyl sites for hydroxylation is 2. The molecule has 0 saturated carbocycles. The van der Waals surface area contributed by atoms with Gasteiger partial charge in [0.05, 0.1) is 16.3 Å². The lowest BCUT2D eigenvalue weighted by Crippen LogP contribution is -2.41. The fraction of sp³-hybridized carbons (Fsp3) is 0.296. The van der Waals surface area contributed by atoms with Crippen LogP contribution in [0.1, 0.15) is 29.5 Å². The summed E-state index contributed by atoms with van der Waals surface area (Å²) in [6.07, 6.45) is 0.801. The Kier molecular flexibility index (Phi) is 8.46. The molecule has 0 unspecified atom stereocenters. The van der Waals surface area contributed by atoms with Gasteiger partial charge in [-0.3, -0.25) is 9.52 Å². The lowest BCUT2D eigenvalue weighted by Gasteiger charge is -2.30. The fourth-order valence-corrected chi connectivity index (χ4v) is 7.30. The third-order valence-electron chi connectivity index (χ3n) is 6.63. The summed E-state index contributed by atoms with van der Waals surface area (Å²) in [7, 11) is -7.31. The Morgan fingerprint density at radius 2 is 1.47 bits per heavy atom. The molecule has 1 saturated heterocycles. The van der Waals surface area contributed by atoms with E-state index in [4.69, 9.17) is 11.6 Å². The molecule has 1 heterocycles. The van der Waals surface area contributed by atoms with Crippen molar-refractivity contribution in [3.63, 3.8) is 0 Å². The standard InChI is InChI=1S/C27H30ClN3O5S2/c1-19-4-3-5-20(2)26(19)30-38(35,36)25-12-10-24(11-13-25)29-27(32)22-14-16-31(17-15-22)37(33,34)18-21-6-8-23(28)9-7-21/h3-13,22,30H,14-18H2,1-2H3,(H,29,32). The van der Waals surface area contributed by atoms with Crippen LogP contribution in [0.15, 0.2) is 71.6 Å². The number of anilines is 2. The summed E-state index contributed by atoms with van der Waals surface area (Å²) in [6.45, 7) is 4.19. The van der Waals surface area contributed by atoms with Crippen LogP contribution in [-0.2, 0) is 30.6 Å². The van der Waals surface area contributed by atoms with Gasteiger partial charge in [-0.25, -0.2) is 21.1 Å². The smallest absolute Gasteiger partial charge is 0.261 e. The number of rotatable bonds is 8. The van der Waals surface area contributed by atoms with Crippen molar-refractivity contribution in [3.8, 4) is 0 Å². The zero-order valence-corrected chi connectivity index (χ0v) is 23.5. The summed E-state index contributed by atoms with van der Waals surface area (Å²) >= 11 is 5.88. The molecule has 8 nitrogen and oxygen atoms in total. The number of hydrogen-bond donors (Lipinski definition) is 2. The molecule has 1 aliphatic heterocycles. The maximum absolute atomic E-state index is 12.9. The number of piperidine rings is 1. The Morgan fingerprint density at radius 1 is 0.895 bits per heavy atom. The van der Waals surface area contributed by atoms with E-state index in [2.05, 4.69) is 10.0 Å². The summed E-state index contributed by atoms with van der Waals surface area (Å²) in [6, 6.07) is 18.2. The van der Waals surface area contributed by atoms with E-state index in [1.807, 2.05) is 32.0 Å². The van der Waals surface area contributed by atoms with Crippen LogP contribution in [-0.4, -0.2) is 40.1 Å². The van der Waals surface area contributed by atoms with Crippen molar-refractivity contribution in [2.75, 3.05) is 23.1 Å². The Morgan fingerprint density at radius 3 is 2.05 bits per heavy atom. The van der Waals surface area contributed by atoms with Gasteiger partial charge in [0.25, 0.3) is 10.0 Å². The van der Waals surface area contributed by atoms with Gasteiger partial charge < -0.3 is 5.32 Å². The van der Waals surface area contributed by atoms with Crippen molar-refractivity contribution in [1.29, 1.82) is 0 Å². The highest BCUT2D eigenvalue weighted by atomic mass is 35.5. The topological polar surface area (TPSA) is 113 Å². The molecular weight excluding hydrogens is 546 g/mol. The molecule has 4 rings (SSSR count). The average Bonchev–Trinajstić information content (AvgIpc) is 2.88. The number of carbonyl (C=O) groups is 1. The number of sulfonamides is 2. The molecule has 0 bridgehead atoms. The molecule has 0 radical (unpaired) electrons. The van der Waals surface area contributed by atoms with E-state index in [0.717, 1.165) is 11.1 Å². The molecule has 3 aromatic carbocycles. The number of para-hydroxylation sites is 1. The lowest BCUT2D eigenvalue weighted by atomic mass is 9.97. The highest BCUT2D eigenvalue weighted by Crippen LogP contribution is 2.26. The fourth-order valence-electron chi connectivity index (χ4n) is 4.41. The molecule has 38 heavy (non-hydrogen) atoms. The quantitative estimate of drug-likeness (QED) is 0.395. The molecular formula is C27H30ClN3O5S2. The molecule has 1 fully saturated rings. The van der Waals surface area contributed by atoms with Crippen molar-refractivity contribution >= 4 is 48.9 Å². The third kappa shape index (κ3) is 6.74. The van der Waals surface area contributed by atoms with Crippen LogP contribution < -0.4 is 10.0 Å². The number of nitrogens with one attached hydrogen (secondary N) is 2. The normalized spacial score (nSPS) is 15.2. The first-order chi connectivity index (χ1) is 17.9. The first-order valence-corrected chi connectivity index (χ1v) is 15.6. The maximum Gasteiger partial charge on any atom is 0.261 e. The van der Waals surface area contributed by atoms with Crippen molar-refractivity contribution in [3.05, 3.63) is 88.4 Å². The van der Waals surface area contributed by atoms with Gasteiger partial charge in [-0.15, -0.1) is 0 Å². The minimum absolute atomic E-state index is 0.0809. The van der Waals surface area contributed by atoms with Gasteiger partial charge in [-0.05, 0) is 79.8 Å². The van der Waals surface area contributed by atoms with Crippen molar-refractivity contribution in [2.24, 2.45) is 5.92 Å². The van der Waals surface area contributed by atoms with Crippen molar-refractivity contribution in [2.45, 2.75) is 37.3 Å². The van der Waals surface area contributed by atoms with Crippen LogP contribution in [0.2, 0.25) is 5.02 Å². The summed E-state index contributed by atoms with van der Waals surface area (Å²) in [5.41, 5.74) is 3.32. The van der Waals surface area contributed by atoms with Crippen LogP contribution in [0, 0.1) is 19.8 Å². The highest BCUT2D eigenvalue weighted by Gasteiger charge is 2.31. The van der Waals surface area contributed by atoms with Gasteiger partial charge in [0, 0.05) is 29.7 Å². The molecule has 2 N–H and O–H groups in total. The third-order valence-corrected chi connectivity index (χ3v) is 10.1. The SMILES string of the molecule is Cc1cccc(C)c1NS(=O)(=O)c1ccc(NC(=O)C2CCN(S(=O)(=O)Cc3ccc(Cl)cc3)CC2)cc1. The molecule has 3 aromatic rings. The van der Waals surface area contributed by atoms with Gasteiger partial charge in [0.2, 0.25) is 15.9 Å². The van der Waals surface area contributed by atoms with E-state index < -0.39 is 20.0 Å². The lowest BCUT2D eigenvalue weighted by molar-refractivity contribution is -0.120. The molecule has 11 heteroatoms. The summed E-state index contributed by atoms with van der Waals surface area (Å²) in [5, 5.41) is 3.37. The summed E-state index contributed by atoms with van der Waals surface area (Å²) < 4.78 is 55.4. The van der Waals surface area contributed by atoms with E-state index in [1.54, 1.807) is 36.4 Å². The average molecular weight is 576 g/mol. The summed E-state index contributed by atoms with van der Waals surface area (Å²) in [5.74, 6) is -0.677. The number of amides is 1. The number of benzene rings is 3. The van der Waals surface area contributed by atoms with Gasteiger partial charge >= 0.3 is 0 Å². The van der Waals surface area contributed by atoms with Crippen LogP contribution in [0.3, 0.4) is 0 Å². The highest BCUT2D eigenvalue weighted by molar-refractivity contribution is 7.92. The Balaban J connectivity index is 1.33. The molecule has 1 aliphatic rings. The minimum atomic E-state index is -3.80. The van der Waals surface area contributed by atoms with E-state index in [0.29, 0.717) is 34.8 Å². The van der Waals surface area contributed by atoms with Crippen molar-refractivity contribution < 1.29 is 21.6 Å². The minimum Gasteiger partial charge on any atom is -0.326 e. The number of halogens is 1. The Hall–Kier alpha value is -2.92. The second kappa shape index (κ2) is 11.4. The van der Waals surface area contributed by atoms with Crippen LogP contribution in [0.5, 0.6) is 0 Å². The molecule has 0 aliphatic carbocycles. The van der Waals surface area contributed by atoms with Crippen molar-refractivity contribution in [1.82, 2.24) is 4.31 Å². The maximum atomic E-state index is 12.9. The van der Waals surface area contributed by atoms with E-state index in [-0.39, 0.29) is 35.6 Å². The van der Waals surface area contributed by atoms with Gasteiger partial charge in [-0.2, -0.15) is 0 Å². The van der Waals surface area contributed by atoms with E-state index in [9.17, 15) is 21.6 Å². The Labute approximate surface area is 229 Å². The van der Waals surface area contributed by atoms with E-state index in [1.165, 1.54) is 16.4 Å². The predicted octanol–water partition coefficient (Wildman–Crippen LogP) is 4.94. The second-order valence-electron chi connectivity index (χ2n) is 9.44. The van der Waals surface area contributed by atoms with Gasteiger partial charge in [-0.1, -0.05) is 41.9 Å². The zero-order valence-electron chi connectivity index (χ0n) is 21.1. The molecule has 0 spiro atoms. The number of nitrogens with zero attached hydrogens (tertiary/aromatic N) is 1. The predicted molar refractivity (Wildman–Crippen MR) is 150 cm³/mol. The molecule has 0 atom stereocenters. The summed E-state index contributed by atoms with van der Waals surface area (Å²) in [4.78, 5) is 12.9. The monoisotopic (exact) mass is 575 g/mol. The zero-order chi connectivity index (χ0) is 27.5. The Bertz CT molecular complexity index is 1500. The largest absolute Gasteiger partial charge is 0.326 e.